The molecule has 1 atom stereocenters. The van der Waals surface area contributed by atoms with Crippen LogP contribution >= 0.6 is 0 Å². The standard InChI is InChI=1S/C22H24N4O3/c1-14-6-7-15(2)18(13-14)23-22(27)26-12-4-5-19(26)21-24-20(25-29-21)16-8-10-17(28-3)11-9-16/h6-11,13,19H,4-5,12H2,1-3H3,(H,23,27). The van der Waals surface area contributed by atoms with Gasteiger partial charge in [-0.25, -0.2) is 4.79 Å². The molecule has 0 saturated carbocycles. The van der Waals surface area contributed by atoms with Crippen LogP contribution in [0.25, 0.3) is 11.4 Å². The van der Waals surface area contributed by atoms with Crippen molar-refractivity contribution in [1.82, 2.24) is 15.0 Å². The summed E-state index contributed by atoms with van der Waals surface area (Å²) < 4.78 is 10.7. The molecule has 2 aromatic carbocycles. The fourth-order valence-electron chi connectivity index (χ4n) is 3.55. The number of aryl methyl sites for hydroxylation is 2. The molecule has 1 N–H and O–H groups in total. The maximum absolute atomic E-state index is 12.9. The van der Waals surface area contributed by atoms with Crippen LogP contribution in [0, 0.1) is 13.8 Å². The normalized spacial score (nSPS) is 16.1. The van der Waals surface area contributed by atoms with Crippen molar-refractivity contribution < 1.29 is 14.1 Å². The molecule has 29 heavy (non-hydrogen) atoms. The zero-order valence-corrected chi connectivity index (χ0v) is 16.8. The fourth-order valence-corrected chi connectivity index (χ4v) is 3.55. The third-order valence-electron chi connectivity index (χ3n) is 5.22. The zero-order valence-electron chi connectivity index (χ0n) is 16.8. The van der Waals surface area contributed by atoms with Crippen LogP contribution in [-0.4, -0.2) is 34.7 Å². The molecule has 0 spiro atoms. The highest BCUT2D eigenvalue weighted by Crippen LogP contribution is 2.33. The van der Waals surface area contributed by atoms with E-state index in [-0.39, 0.29) is 12.1 Å². The summed E-state index contributed by atoms with van der Waals surface area (Å²) in [6.07, 6.45) is 1.69. The predicted octanol–water partition coefficient (Wildman–Crippen LogP) is 4.73. The van der Waals surface area contributed by atoms with Gasteiger partial charge in [0.2, 0.25) is 11.7 Å². The van der Waals surface area contributed by atoms with Gasteiger partial charge in [-0.15, -0.1) is 0 Å². The van der Waals surface area contributed by atoms with Crippen molar-refractivity contribution in [2.24, 2.45) is 0 Å². The number of nitrogens with one attached hydrogen (secondary N) is 1. The Hall–Kier alpha value is -3.35. The largest absolute Gasteiger partial charge is 0.497 e. The number of benzene rings is 2. The quantitative estimate of drug-likeness (QED) is 0.694. The molecule has 1 fully saturated rings. The number of rotatable bonds is 4. The third-order valence-corrected chi connectivity index (χ3v) is 5.22. The molecule has 1 aliphatic heterocycles. The first-order chi connectivity index (χ1) is 14.0. The fraction of sp³-hybridized carbons (Fsp3) is 0.318. The molecule has 7 nitrogen and oxygen atoms in total. The van der Waals surface area contributed by atoms with Crippen molar-refractivity contribution in [2.45, 2.75) is 32.7 Å². The van der Waals surface area contributed by atoms with Crippen LogP contribution < -0.4 is 10.1 Å². The van der Waals surface area contributed by atoms with Crippen LogP contribution in [0.4, 0.5) is 10.5 Å². The Morgan fingerprint density at radius 1 is 1.21 bits per heavy atom. The number of likely N-dealkylation sites (tertiary alicyclic amines) is 1. The van der Waals surface area contributed by atoms with Crippen molar-refractivity contribution in [3.63, 3.8) is 0 Å². The number of nitrogens with zero attached hydrogens (tertiary/aromatic N) is 3. The van der Waals surface area contributed by atoms with Crippen LogP contribution in [0.3, 0.4) is 0 Å². The minimum atomic E-state index is -0.223. The molecule has 150 valence electrons. The van der Waals surface area contributed by atoms with Crippen molar-refractivity contribution in [2.75, 3.05) is 19.0 Å². The maximum atomic E-state index is 12.9. The van der Waals surface area contributed by atoms with Gasteiger partial charge in [0, 0.05) is 17.8 Å². The number of anilines is 1. The van der Waals surface area contributed by atoms with Gasteiger partial charge in [0.15, 0.2) is 0 Å². The molecule has 1 aromatic heterocycles. The number of amides is 2. The van der Waals surface area contributed by atoms with Crippen molar-refractivity contribution in [1.29, 1.82) is 0 Å². The average molecular weight is 392 g/mol. The Morgan fingerprint density at radius 2 is 2.00 bits per heavy atom. The van der Waals surface area contributed by atoms with Crippen LogP contribution in [0.15, 0.2) is 47.0 Å². The summed E-state index contributed by atoms with van der Waals surface area (Å²) in [5.74, 6) is 1.73. The number of urea groups is 1. The second-order valence-electron chi connectivity index (χ2n) is 7.28. The number of hydrogen-bond donors (Lipinski definition) is 1. The van der Waals surface area contributed by atoms with Gasteiger partial charge in [-0.2, -0.15) is 4.98 Å². The van der Waals surface area contributed by atoms with Crippen LogP contribution in [-0.2, 0) is 0 Å². The lowest BCUT2D eigenvalue weighted by atomic mass is 10.1. The smallest absolute Gasteiger partial charge is 0.322 e. The van der Waals surface area contributed by atoms with Crippen molar-refractivity contribution in [3.8, 4) is 17.1 Å². The SMILES string of the molecule is COc1ccc(-c2noc(C3CCCN3C(=O)Nc3cc(C)ccc3C)n2)cc1. The summed E-state index contributed by atoms with van der Waals surface area (Å²) in [6, 6.07) is 13.1. The first kappa shape index (κ1) is 19.0. The first-order valence-corrected chi connectivity index (χ1v) is 9.68. The predicted molar refractivity (Wildman–Crippen MR) is 110 cm³/mol. The number of carbonyl (C=O) groups excluding carboxylic acids is 1. The van der Waals surface area contributed by atoms with E-state index in [0.29, 0.717) is 18.3 Å². The van der Waals surface area contributed by atoms with Gasteiger partial charge in [-0.05, 0) is 68.1 Å². The molecule has 0 aliphatic carbocycles. The Labute approximate surface area is 169 Å². The topological polar surface area (TPSA) is 80.5 Å². The van der Waals surface area contributed by atoms with Crippen molar-refractivity contribution in [3.05, 3.63) is 59.5 Å². The Kier molecular flexibility index (Phi) is 5.20. The molecule has 2 heterocycles. The van der Waals surface area contributed by atoms with E-state index in [0.717, 1.165) is 41.0 Å². The summed E-state index contributed by atoms with van der Waals surface area (Å²) in [4.78, 5) is 19.2. The monoisotopic (exact) mass is 392 g/mol. The van der Waals surface area contributed by atoms with Gasteiger partial charge in [0.05, 0.1) is 7.11 Å². The average Bonchev–Trinajstić information content (AvgIpc) is 3.40. The molecule has 1 aliphatic rings. The van der Waals surface area contributed by atoms with E-state index >= 15 is 0 Å². The molecule has 1 unspecified atom stereocenters. The molecular formula is C22H24N4O3. The van der Waals surface area contributed by atoms with Crippen LogP contribution in [0.1, 0.15) is 35.9 Å². The summed E-state index contributed by atoms with van der Waals surface area (Å²) in [5.41, 5.74) is 3.79. The second kappa shape index (κ2) is 7.95. The lowest BCUT2D eigenvalue weighted by Gasteiger charge is -2.23. The van der Waals surface area contributed by atoms with E-state index in [1.807, 2.05) is 56.3 Å². The highest BCUT2D eigenvalue weighted by Gasteiger charge is 2.34. The highest BCUT2D eigenvalue weighted by molar-refractivity contribution is 5.90. The Bertz CT molecular complexity index is 1010. The number of ether oxygens (including phenoxy) is 1. The highest BCUT2D eigenvalue weighted by atomic mass is 16.5. The van der Waals surface area contributed by atoms with Gasteiger partial charge in [0.1, 0.15) is 11.8 Å². The first-order valence-electron chi connectivity index (χ1n) is 9.68. The van der Waals surface area contributed by atoms with Gasteiger partial charge in [-0.1, -0.05) is 17.3 Å². The van der Waals surface area contributed by atoms with Gasteiger partial charge in [-0.3, -0.25) is 0 Å². The third kappa shape index (κ3) is 3.94. The van der Waals surface area contributed by atoms with Crippen LogP contribution in [0.2, 0.25) is 0 Å². The molecule has 0 radical (unpaired) electrons. The van der Waals surface area contributed by atoms with Gasteiger partial charge >= 0.3 is 6.03 Å². The van der Waals surface area contributed by atoms with E-state index in [1.165, 1.54) is 0 Å². The van der Waals surface area contributed by atoms with Crippen molar-refractivity contribution >= 4 is 11.7 Å². The van der Waals surface area contributed by atoms with E-state index in [2.05, 4.69) is 15.5 Å². The number of methoxy groups -OCH3 is 1. The number of aromatic nitrogens is 2. The lowest BCUT2D eigenvalue weighted by molar-refractivity contribution is 0.193. The molecule has 3 aromatic rings. The lowest BCUT2D eigenvalue weighted by Crippen LogP contribution is -2.34. The Morgan fingerprint density at radius 3 is 2.76 bits per heavy atom. The maximum Gasteiger partial charge on any atom is 0.322 e. The van der Waals surface area contributed by atoms with Gasteiger partial charge in [0.25, 0.3) is 0 Å². The summed E-state index contributed by atoms with van der Waals surface area (Å²) in [5, 5.41) is 7.13. The minimum Gasteiger partial charge on any atom is -0.497 e. The summed E-state index contributed by atoms with van der Waals surface area (Å²) in [6.45, 7) is 4.64. The van der Waals surface area contributed by atoms with E-state index < -0.39 is 0 Å². The number of carbonyl (C=O) groups is 1. The minimum absolute atomic E-state index is 0.148. The van der Waals surface area contributed by atoms with E-state index in [9.17, 15) is 4.79 Å². The Balaban J connectivity index is 1.51. The number of hydrogen-bond acceptors (Lipinski definition) is 5. The van der Waals surface area contributed by atoms with E-state index in [4.69, 9.17) is 9.26 Å². The van der Waals surface area contributed by atoms with Gasteiger partial charge < -0.3 is 19.5 Å². The summed E-state index contributed by atoms with van der Waals surface area (Å²) >= 11 is 0. The zero-order chi connectivity index (χ0) is 20.4. The molecular weight excluding hydrogens is 368 g/mol. The molecule has 0 bridgehead atoms. The summed E-state index contributed by atoms with van der Waals surface area (Å²) in [7, 11) is 1.62. The molecule has 1 saturated heterocycles. The molecule has 4 rings (SSSR count). The van der Waals surface area contributed by atoms with Crippen LogP contribution in [0.5, 0.6) is 5.75 Å². The molecule has 7 heteroatoms. The molecule has 2 amide bonds. The van der Waals surface area contributed by atoms with E-state index in [1.54, 1.807) is 12.0 Å². The second-order valence-corrected chi connectivity index (χ2v) is 7.28.